The average Bonchev–Trinajstić information content (AvgIpc) is 3.47. The van der Waals surface area contributed by atoms with E-state index in [4.69, 9.17) is 16.3 Å². The van der Waals surface area contributed by atoms with Crippen LogP contribution in [-0.4, -0.2) is 23.9 Å². The summed E-state index contributed by atoms with van der Waals surface area (Å²) in [6.07, 6.45) is -7.21. The van der Waals surface area contributed by atoms with Crippen molar-refractivity contribution in [2.24, 2.45) is 5.92 Å². The van der Waals surface area contributed by atoms with Crippen LogP contribution in [0, 0.1) is 5.92 Å². The smallest absolute Gasteiger partial charge is 0.422 e. The molecule has 0 aliphatic heterocycles. The Balaban J connectivity index is 2.05. The maximum absolute atomic E-state index is 12.8. The molecule has 0 radical (unpaired) electrons. The van der Waals surface area contributed by atoms with Gasteiger partial charge in [0.2, 0.25) is 0 Å². The number of hydrogen-bond acceptors (Lipinski definition) is 2. The second-order valence-corrected chi connectivity index (χ2v) is 7.83. The predicted octanol–water partition coefficient (Wildman–Crippen LogP) is 6.94. The first-order valence-electron chi connectivity index (χ1n) is 9.28. The van der Waals surface area contributed by atoms with Crippen LogP contribution in [0.3, 0.4) is 0 Å². The van der Waals surface area contributed by atoms with Crippen LogP contribution in [0.2, 0.25) is 5.02 Å². The van der Waals surface area contributed by atoms with E-state index in [9.17, 15) is 36.2 Å². The van der Waals surface area contributed by atoms with Crippen molar-refractivity contribution < 1.29 is 41.0 Å². The van der Waals surface area contributed by atoms with Crippen molar-refractivity contribution in [2.75, 3.05) is 6.61 Å². The number of hydrogen-bond donors (Lipinski definition) is 1. The van der Waals surface area contributed by atoms with Gasteiger partial charge in [-0.3, -0.25) is 4.79 Å². The van der Waals surface area contributed by atoms with Gasteiger partial charge in [0.25, 0.3) is 0 Å². The first kappa shape index (κ1) is 23.2. The van der Waals surface area contributed by atoms with Gasteiger partial charge in [-0.2, -0.15) is 26.3 Å². The molecular weight excluding hydrogens is 450 g/mol. The molecule has 1 N–H and O–H groups in total. The highest BCUT2D eigenvalue weighted by Crippen LogP contribution is 2.44. The lowest BCUT2D eigenvalue weighted by Gasteiger charge is -2.19. The van der Waals surface area contributed by atoms with Crippen molar-refractivity contribution in [3.63, 3.8) is 0 Å². The van der Waals surface area contributed by atoms with E-state index in [-0.39, 0.29) is 33.4 Å². The highest BCUT2D eigenvalue weighted by atomic mass is 35.5. The molecule has 1 aliphatic rings. The highest BCUT2D eigenvalue weighted by Gasteiger charge is 2.33. The molecule has 2 aromatic carbocycles. The fraction of sp³-hybridized carbons (Fsp3) is 0.381. The van der Waals surface area contributed by atoms with Gasteiger partial charge in [0.15, 0.2) is 6.61 Å². The summed E-state index contributed by atoms with van der Waals surface area (Å²) in [6, 6.07) is 6.19. The SMILES string of the molecule is O=C(O)[C@H](CC1CC1)c1cc(Cl)c(-c2ccc(C(F)(F)F)cc2)c(OCC(F)(F)F)c1. The number of rotatable bonds is 7. The molecule has 0 unspecified atom stereocenters. The number of carbonyl (C=O) groups is 1. The molecule has 0 saturated heterocycles. The third-order valence-corrected chi connectivity index (χ3v) is 5.23. The molecule has 0 aromatic heterocycles. The Morgan fingerprint density at radius 3 is 2.19 bits per heavy atom. The number of benzene rings is 2. The van der Waals surface area contributed by atoms with Crippen LogP contribution in [0.15, 0.2) is 36.4 Å². The molecule has 1 saturated carbocycles. The fourth-order valence-electron chi connectivity index (χ4n) is 3.25. The maximum atomic E-state index is 12.8. The zero-order valence-corrected chi connectivity index (χ0v) is 16.6. The van der Waals surface area contributed by atoms with Crippen LogP contribution in [0.25, 0.3) is 11.1 Å². The maximum Gasteiger partial charge on any atom is 0.422 e. The Labute approximate surface area is 178 Å². The Morgan fingerprint density at radius 1 is 1.10 bits per heavy atom. The normalized spacial score (nSPS) is 15.6. The standard InChI is InChI=1S/C21H17ClF6O3/c22-16-8-13(15(19(29)30)7-11-1-2-11)9-17(31-10-20(23,24)25)18(16)12-3-5-14(6-4-12)21(26,27)28/h3-6,8-9,11,15H,1-2,7,10H2,(H,29,30)/t15-/m1/s1. The van der Waals surface area contributed by atoms with Gasteiger partial charge in [-0.1, -0.05) is 36.6 Å². The number of halogens is 7. The van der Waals surface area contributed by atoms with Gasteiger partial charge < -0.3 is 9.84 Å². The van der Waals surface area contributed by atoms with Crippen molar-refractivity contribution >= 4 is 17.6 Å². The quantitative estimate of drug-likeness (QED) is 0.450. The lowest BCUT2D eigenvalue weighted by molar-refractivity contribution is -0.153. The molecular formula is C21H17ClF6O3. The van der Waals surface area contributed by atoms with Crippen LogP contribution >= 0.6 is 11.6 Å². The Kier molecular flexibility index (Phi) is 6.45. The van der Waals surface area contributed by atoms with Gasteiger partial charge in [0, 0.05) is 5.56 Å². The predicted molar refractivity (Wildman–Crippen MR) is 101 cm³/mol. The topological polar surface area (TPSA) is 46.5 Å². The molecule has 1 atom stereocenters. The minimum Gasteiger partial charge on any atom is -0.483 e. The second kappa shape index (κ2) is 8.61. The van der Waals surface area contributed by atoms with E-state index in [1.165, 1.54) is 12.1 Å². The number of ether oxygens (including phenoxy) is 1. The number of carboxylic acid groups (broad SMARTS) is 1. The number of alkyl halides is 6. The van der Waals surface area contributed by atoms with Crippen molar-refractivity contribution in [3.8, 4) is 16.9 Å². The third-order valence-electron chi connectivity index (χ3n) is 4.94. The van der Waals surface area contributed by atoms with Crippen molar-refractivity contribution in [1.82, 2.24) is 0 Å². The van der Waals surface area contributed by atoms with Crippen LogP contribution in [0.1, 0.15) is 36.3 Å². The van der Waals surface area contributed by atoms with Gasteiger partial charge in [0.1, 0.15) is 5.75 Å². The molecule has 0 heterocycles. The highest BCUT2D eigenvalue weighted by molar-refractivity contribution is 6.33. The first-order valence-corrected chi connectivity index (χ1v) is 9.66. The van der Waals surface area contributed by atoms with Gasteiger partial charge in [-0.05, 0) is 47.7 Å². The summed E-state index contributed by atoms with van der Waals surface area (Å²) in [5.41, 5.74) is -0.691. The minimum absolute atomic E-state index is 0.0426. The fourth-order valence-corrected chi connectivity index (χ4v) is 3.58. The molecule has 3 nitrogen and oxygen atoms in total. The Morgan fingerprint density at radius 2 is 1.71 bits per heavy atom. The van der Waals surface area contributed by atoms with Crippen molar-refractivity contribution in [2.45, 2.75) is 37.5 Å². The minimum atomic E-state index is -4.68. The van der Waals surface area contributed by atoms with Gasteiger partial charge >= 0.3 is 18.3 Å². The molecule has 1 aliphatic carbocycles. The van der Waals surface area contributed by atoms with E-state index in [2.05, 4.69) is 0 Å². The van der Waals surface area contributed by atoms with Crippen molar-refractivity contribution in [1.29, 1.82) is 0 Å². The Bertz CT molecular complexity index is 949. The monoisotopic (exact) mass is 466 g/mol. The summed E-state index contributed by atoms with van der Waals surface area (Å²) in [5, 5.41) is 9.45. The van der Waals surface area contributed by atoms with Crippen LogP contribution in [-0.2, 0) is 11.0 Å². The summed E-state index contributed by atoms with van der Waals surface area (Å²) in [4.78, 5) is 11.7. The van der Waals surface area contributed by atoms with Gasteiger partial charge in [-0.25, -0.2) is 0 Å². The molecule has 0 amide bonds. The molecule has 31 heavy (non-hydrogen) atoms. The number of aliphatic carboxylic acids is 1. The van der Waals surface area contributed by atoms with E-state index in [0.717, 1.165) is 37.1 Å². The largest absolute Gasteiger partial charge is 0.483 e. The summed E-state index contributed by atoms with van der Waals surface area (Å²) < 4.78 is 81.6. The molecule has 168 valence electrons. The average molecular weight is 467 g/mol. The first-order chi connectivity index (χ1) is 14.3. The van der Waals surface area contributed by atoms with E-state index in [0.29, 0.717) is 6.42 Å². The molecule has 0 bridgehead atoms. The van der Waals surface area contributed by atoms with Crippen molar-refractivity contribution in [3.05, 3.63) is 52.5 Å². The van der Waals surface area contributed by atoms with E-state index >= 15 is 0 Å². The van der Waals surface area contributed by atoms with Crippen LogP contribution < -0.4 is 4.74 Å². The third kappa shape index (κ3) is 6.06. The lowest BCUT2D eigenvalue weighted by atomic mass is 9.91. The lowest BCUT2D eigenvalue weighted by Crippen LogP contribution is -2.20. The zero-order valence-electron chi connectivity index (χ0n) is 15.9. The van der Waals surface area contributed by atoms with Gasteiger partial charge in [0.05, 0.1) is 16.5 Å². The molecule has 3 rings (SSSR count). The number of carboxylic acids is 1. The van der Waals surface area contributed by atoms with Crippen LogP contribution in [0.4, 0.5) is 26.3 Å². The second-order valence-electron chi connectivity index (χ2n) is 7.42. The summed E-state index contributed by atoms with van der Waals surface area (Å²) in [6.45, 7) is -1.67. The molecule has 2 aromatic rings. The summed E-state index contributed by atoms with van der Waals surface area (Å²) in [5.74, 6) is -2.26. The Hall–Kier alpha value is -2.42. The van der Waals surface area contributed by atoms with Crippen LogP contribution in [0.5, 0.6) is 5.75 Å². The van der Waals surface area contributed by atoms with E-state index < -0.39 is 36.4 Å². The summed E-state index contributed by atoms with van der Waals surface area (Å²) in [7, 11) is 0. The van der Waals surface area contributed by atoms with E-state index in [1.54, 1.807) is 0 Å². The van der Waals surface area contributed by atoms with Gasteiger partial charge in [-0.15, -0.1) is 0 Å². The molecule has 10 heteroatoms. The summed E-state index contributed by atoms with van der Waals surface area (Å²) >= 11 is 6.27. The molecule has 0 spiro atoms. The zero-order chi connectivity index (χ0) is 23.0. The molecule has 1 fully saturated rings. The van der Waals surface area contributed by atoms with E-state index in [1.807, 2.05) is 0 Å².